The maximum Gasteiger partial charge on any atom is 0.329 e. The average molecular weight is 458 g/mol. The van der Waals surface area contributed by atoms with Crippen LogP contribution >= 0.6 is 0 Å². The Balaban J connectivity index is 1.34. The number of benzene rings is 3. The van der Waals surface area contributed by atoms with Crippen molar-refractivity contribution in [3.05, 3.63) is 96.1 Å². The first-order chi connectivity index (χ1) is 16.6. The number of nitrogens with one attached hydrogen (secondary N) is 2. The molecule has 0 saturated carbocycles. The van der Waals surface area contributed by atoms with E-state index in [4.69, 9.17) is 4.74 Å². The van der Waals surface area contributed by atoms with Crippen LogP contribution in [0.1, 0.15) is 29.9 Å². The van der Waals surface area contributed by atoms with Gasteiger partial charge in [0.05, 0.1) is 19.2 Å². The third-order valence-corrected chi connectivity index (χ3v) is 5.90. The van der Waals surface area contributed by atoms with Crippen LogP contribution in [0.2, 0.25) is 0 Å². The maximum atomic E-state index is 12.8. The second-order valence-electron chi connectivity index (χ2n) is 8.09. The molecule has 1 atom stereocenters. The summed E-state index contributed by atoms with van der Waals surface area (Å²) in [6.45, 7) is 0.449. The number of imide groups is 1. The summed E-state index contributed by atoms with van der Waals surface area (Å²) < 4.78 is 5.11. The normalized spacial score (nSPS) is 15.4. The van der Waals surface area contributed by atoms with Crippen LogP contribution in [0.15, 0.2) is 84.9 Å². The Hall–Kier alpha value is -4.13. The third-order valence-electron chi connectivity index (χ3n) is 5.90. The zero-order valence-corrected chi connectivity index (χ0v) is 18.9. The Morgan fingerprint density at radius 1 is 0.941 bits per heavy atom. The highest BCUT2D eigenvalue weighted by Crippen LogP contribution is 2.27. The quantitative estimate of drug-likeness (QED) is 0.478. The molecule has 0 aromatic heterocycles. The minimum absolute atomic E-state index is 0.113. The summed E-state index contributed by atoms with van der Waals surface area (Å²) in [7, 11) is 1.54. The summed E-state index contributed by atoms with van der Waals surface area (Å²) in [5.41, 5.74) is 2.78. The molecule has 1 heterocycles. The van der Waals surface area contributed by atoms with Crippen LogP contribution in [0, 0.1) is 0 Å². The van der Waals surface area contributed by atoms with Gasteiger partial charge in [0.1, 0.15) is 11.8 Å². The lowest BCUT2D eigenvalue weighted by molar-refractivity contribution is -0.125. The highest BCUT2D eigenvalue weighted by atomic mass is 16.5. The predicted molar refractivity (Wildman–Crippen MR) is 130 cm³/mol. The highest BCUT2D eigenvalue weighted by molar-refractivity contribution is 6.22. The summed E-state index contributed by atoms with van der Waals surface area (Å²) >= 11 is 0. The minimum atomic E-state index is -0.895. The Morgan fingerprint density at radius 2 is 1.53 bits per heavy atom. The number of amides is 4. The van der Waals surface area contributed by atoms with E-state index >= 15 is 0 Å². The molecule has 1 saturated heterocycles. The fraction of sp³-hybridized carbons (Fsp3) is 0.222. The first-order valence-corrected chi connectivity index (χ1v) is 11.2. The number of hydrogen-bond donors (Lipinski definition) is 2. The summed E-state index contributed by atoms with van der Waals surface area (Å²) in [6, 6.07) is 25.5. The zero-order valence-electron chi connectivity index (χ0n) is 18.9. The lowest BCUT2D eigenvalue weighted by Crippen LogP contribution is -2.37. The Morgan fingerprint density at radius 3 is 2.09 bits per heavy atom. The van der Waals surface area contributed by atoms with Crippen molar-refractivity contribution in [1.82, 2.24) is 10.6 Å². The first kappa shape index (κ1) is 23.0. The van der Waals surface area contributed by atoms with Crippen molar-refractivity contribution in [2.45, 2.75) is 24.8 Å². The van der Waals surface area contributed by atoms with E-state index in [9.17, 15) is 14.4 Å². The Kier molecular flexibility index (Phi) is 7.22. The molecule has 7 heteroatoms. The second-order valence-corrected chi connectivity index (χ2v) is 8.09. The van der Waals surface area contributed by atoms with E-state index in [2.05, 4.69) is 34.9 Å². The van der Waals surface area contributed by atoms with E-state index in [-0.39, 0.29) is 18.2 Å². The van der Waals surface area contributed by atoms with Crippen LogP contribution in [0.3, 0.4) is 0 Å². The summed E-state index contributed by atoms with van der Waals surface area (Å²) in [5, 5.41) is 5.52. The van der Waals surface area contributed by atoms with Gasteiger partial charge in [-0.1, -0.05) is 60.7 Å². The smallest absolute Gasteiger partial charge is 0.329 e. The van der Waals surface area contributed by atoms with Crippen molar-refractivity contribution in [2.75, 3.05) is 18.6 Å². The molecule has 3 aromatic rings. The SMILES string of the molecule is COc1ccc(N2C(=O)N[C@@H](CC(=O)NCCC(c3ccccc3)c3ccccc3)C2=O)cc1. The van der Waals surface area contributed by atoms with Crippen molar-refractivity contribution in [1.29, 1.82) is 0 Å². The molecular formula is C27H27N3O4. The van der Waals surface area contributed by atoms with Gasteiger partial charge in [0.25, 0.3) is 5.91 Å². The molecule has 7 nitrogen and oxygen atoms in total. The fourth-order valence-corrected chi connectivity index (χ4v) is 4.16. The lowest BCUT2D eigenvalue weighted by atomic mass is 9.88. The number of carbonyl (C=O) groups excluding carboxylic acids is 3. The van der Waals surface area contributed by atoms with Gasteiger partial charge >= 0.3 is 6.03 Å². The third kappa shape index (κ3) is 5.26. The van der Waals surface area contributed by atoms with Gasteiger partial charge in [-0.25, -0.2) is 9.69 Å². The second kappa shape index (κ2) is 10.7. The van der Waals surface area contributed by atoms with E-state index in [1.807, 2.05) is 36.4 Å². The molecule has 0 spiro atoms. The van der Waals surface area contributed by atoms with Crippen molar-refractivity contribution < 1.29 is 19.1 Å². The van der Waals surface area contributed by atoms with Gasteiger partial charge in [-0.15, -0.1) is 0 Å². The van der Waals surface area contributed by atoms with E-state index < -0.39 is 18.0 Å². The van der Waals surface area contributed by atoms with Crippen LogP contribution < -0.4 is 20.3 Å². The van der Waals surface area contributed by atoms with Gasteiger partial charge in [-0.2, -0.15) is 0 Å². The number of ether oxygens (including phenoxy) is 1. The average Bonchev–Trinajstić information content (AvgIpc) is 3.15. The van der Waals surface area contributed by atoms with Crippen LogP contribution in [-0.2, 0) is 9.59 Å². The van der Waals surface area contributed by atoms with E-state index in [0.717, 1.165) is 4.90 Å². The molecule has 0 bridgehead atoms. The first-order valence-electron chi connectivity index (χ1n) is 11.2. The molecule has 34 heavy (non-hydrogen) atoms. The van der Waals surface area contributed by atoms with Crippen LogP contribution in [0.5, 0.6) is 5.75 Å². The molecule has 1 aliphatic rings. The van der Waals surface area contributed by atoms with Crippen LogP contribution in [0.25, 0.3) is 0 Å². The van der Waals surface area contributed by atoms with Gasteiger partial charge < -0.3 is 15.4 Å². The molecule has 3 aromatic carbocycles. The van der Waals surface area contributed by atoms with E-state index in [0.29, 0.717) is 24.4 Å². The number of methoxy groups -OCH3 is 1. The summed E-state index contributed by atoms with van der Waals surface area (Å²) in [5.74, 6) is 0.0315. The van der Waals surface area contributed by atoms with E-state index in [1.165, 1.54) is 11.1 Å². The van der Waals surface area contributed by atoms with Crippen molar-refractivity contribution in [2.24, 2.45) is 0 Å². The lowest BCUT2D eigenvalue weighted by Gasteiger charge is -2.19. The predicted octanol–water partition coefficient (Wildman–Crippen LogP) is 3.85. The number of urea groups is 1. The number of nitrogens with zero attached hydrogens (tertiary/aromatic N) is 1. The molecule has 2 N–H and O–H groups in total. The molecule has 0 aliphatic carbocycles. The standard InChI is InChI=1S/C27H27N3O4/c1-34-22-14-12-21(13-15-22)30-26(32)24(29-27(30)33)18-25(31)28-17-16-23(19-8-4-2-5-9-19)20-10-6-3-7-11-20/h2-15,23-24H,16-18H2,1H3,(H,28,31)(H,29,33)/t24-/m0/s1. The molecular weight excluding hydrogens is 430 g/mol. The Labute approximate surface area is 198 Å². The van der Waals surface area contributed by atoms with Gasteiger partial charge in [-0.3, -0.25) is 9.59 Å². The summed E-state index contributed by atoms with van der Waals surface area (Å²) in [6.07, 6.45) is 0.598. The van der Waals surface area contributed by atoms with Crippen LogP contribution in [-0.4, -0.2) is 37.5 Å². The molecule has 4 rings (SSSR count). The number of carbonyl (C=O) groups is 3. The Bertz CT molecular complexity index is 1090. The molecule has 0 radical (unpaired) electrons. The molecule has 1 aliphatic heterocycles. The van der Waals surface area contributed by atoms with Gasteiger partial charge in [0, 0.05) is 12.5 Å². The summed E-state index contributed by atoms with van der Waals surface area (Å²) in [4.78, 5) is 38.8. The largest absolute Gasteiger partial charge is 0.497 e. The zero-order chi connectivity index (χ0) is 23.9. The fourth-order valence-electron chi connectivity index (χ4n) is 4.16. The minimum Gasteiger partial charge on any atom is -0.497 e. The van der Waals surface area contributed by atoms with Crippen molar-refractivity contribution in [3.8, 4) is 5.75 Å². The van der Waals surface area contributed by atoms with Crippen molar-refractivity contribution in [3.63, 3.8) is 0 Å². The molecule has 174 valence electrons. The number of anilines is 1. The number of rotatable bonds is 9. The maximum absolute atomic E-state index is 12.8. The molecule has 0 unspecified atom stereocenters. The monoisotopic (exact) mass is 457 g/mol. The van der Waals surface area contributed by atoms with Gasteiger partial charge in [-0.05, 0) is 41.8 Å². The van der Waals surface area contributed by atoms with Gasteiger partial charge in [0.2, 0.25) is 5.91 Å². The van der Waals surface area contributed by atoms with Crippen molar-refractivity contribution >= 4 is 23.5 Å². The van der Waals surface area contributed by atoms with Crippen LogP contribution in [0.4, 0.5) is 10.5 Å². The molecule has 1 fully saturated rings. The number of hydrogen-bond acceptors (Lipinski definition) is 4. The topological polar surface area (TPSA) is 87.7 Å². The highest BCUT2D eigenvalue weighted by Gasteiger charge is 2.40. The van der Waals surface area contributed by atoms with Gasteiger partial charge in [0.15, 0.2) is 0 Å². The van der Waals surface area contributed by atoms with E-state index in [1.54, 1.807) is 31.4 Å². The molecule has 4 amide bonds.